The molecule has 0 N–H and O–H groups in total. The number of ether oxygens (including phenoxy) is 1. The summed E-state index contributed by atoms with van der Waals surface area (Å²) in [5, 5.41) is 0.810. The summed E-state index contributed by atoms with van der Waals surface area (Å²) in [7, 11) is 1.57. The van der Waals surface area contributed by atoms with E-state index in [9.17, 15) is 9.18 Å². The van der Waals surface area contributed by atoms with Gasteiger partial charge in [-0.3, -0.25) is 4.79 Å². The molecule has 2 heterocycles. The van der Waals surface area contributed by atoms with E-state index in [-0.39, 0.29) is 11.7 Å². The van der Waals surface area contributed by atoms with Crippen LogP contribution < -0.4 is 9.64 Å². The Morgan fingerprint density at radius 1 is 1.15 bits per heavy atom. The summed E-state index contributed by atoms with van der Waals surface area (Å²) >= 11 is 3.31. The van der Waals surface area contributed by atoms with Crippen molar-refractivity contribution in [2.75, 3.05) is 38.2 Å². The molecule has 2 aromatic carbocycles. The fraction of sp³-hybridized carbons (Fsp3) is 0.250. The number of hydrogen-bond acceptors (Lipinski definition) is 4. The molecule has 27 heavy (non-hydrogen) atoms. The van der Waals surface area contributed by atoms with Gasteiger partial charge in [0.05, 0.1) is 18.2 Å². The van der Waals surface area contributed by atoms with Crippen LogP contribution in [0.3, 0.4) is 0 Å². The number of benzene rings is 2. The molecule has 0 atom stereocenters. The molecule has 0 bridgehead atoms. The van der Waals surface area contributed by atoms with Crippen LogP contribution in [0.25, 0.3) is 11.0 Å². The first-order chi connectivity index (χ1) is 13.1. The third-order valence-electron chi connectivity index (χ3n) is 4.80. The van der Waals surface area contributed by atoms with Gasteiger partial charge >= 0.3 is 0 Å². The van der Waals surface area contributed by atoms with Crippen LogP contribution in [0.2, 0.25) is 0 Å². The molecule has 3 aromatic rings. The summed E-state index contributed by atoms with van der Waals surface area (Å²) in [6.07, 6.45) is 0. The van der Waals surface area contributed by atoms with E-state index < -0.39 is 0 Å². The molecule has 1 aliphatic rings. The highest BCUT2D eigenvalue weighted by molar-refractivity contribution is 9.10. The maximum atomic E-state index is 14.0. The fourth-order valence-corrected chi connectivity index (χ4v) is 3.81. The van der Waals surface area contributed by atoms with Gasteiger partial charge in [0.15, 0.2) is 4.67 Å². The van der Waals surface area contributed by atoms with Gasteiger partial charge in [0.1, 0.15) is 17.1 Å². The second-order valence-electron chi connectivity index (χ2n) is 6.37. The zero-order chi connectivity index (χ0) is 19.0. The van der Waals surface area contributed by atoms with E-state index >= 15 is 0 Å². The van der Waals surface area contributed by atoms with E-state index in [0.717, 1.165) is 5.39 Å². The van der Waals surface area contributed by atoms with Crippen molar-refractivity contribution in [1.82, 2.24) is 4.90 Å². The number of methoxy groups -OCH3 is 1. The van der Waals surface area contributed by atoms with Gasteiger partial charge in [-0.15, -0.1) is 0 Å². The number of hydrogen-bond donors (Lipinski definition) is 0. The minimum Gasteiger partial charge on any atom is -0.496 e. The Morgan fingerprint density at radius 2 is 1.89 bits per heavy atom. The van der Waals surface area contributed by atoms with Crippen molar-refractivity contribution in [2.45, 2.75) is 0 Å². The number of anilines is 1. The Balaban J connectivity index is 1.53. The minimum atomic E-state index is -0.240. The predicted molar refractivity (Wildman–Crippen MR) is 105 cm³/mol. The van der Waals surface area contributed by atoms with Crippen molar-refractivity contribution in [3.63, 3.8) is 0 Å². The first-order valence-corrected chi connectivity index (χ1v) is 9.42. The standard InChI is InChI=1S/C20H18BrFN2O3/c1-26-17-10-13(11-18-14(17)12-19(21)27-18)20(25)24-8-6-23(7-9-24)16-5-3-2-4-15(16)22/h2-5,10-12H,6-9H2,1H3. The van der Waals surface area contributed by atoms with Crippen molar-refractivity contribution in [3.05, 3.63) is 58.5 Å². The lowest BCUT2D eigenvalue weighted by Gasteiger charge is -2.36. The number of amides is 1. The molecule has 1 saturated heterocycles. The van der Waals surface area contributed by atoms with Crippen LogP contribution in [0.5, 0.6) is 5.75 Å². The highest BCUT2D eigenvalue weighted by atomic mass is 79.9. The van der Waals surface area contributed by atoms with E-state index in [1.54, 1.807) is 36.3 Å². The highest BCUT2D eigenvalue weighted by Crippen LogP contribution is 2.33. The molecule has 0 radical (unpaired) electrons. The van der Waals surface area contributed by atoms with Crippen LogP contribution in [-0.2, 0) is 0 Å². The molecule has 0 spiro atoms. The maximum absolute atomic E-state index is 14.0. The summed E-state index contributed by atoms with van der Waals surface area (Å²) in [5.41, 5.74) is 1.68. The van der Waals surface area contributed by atoms with Gasteiger partial charge in [-0.05, 0) is 40.2 Å². The summed E-state index contributed by atoms with van der Waals surface area (Å²) in [4.78, 5) is 16.7. The lowest BCUT2D eigenvalue weighted by atomic mass is 10.1. The molecule has 0 unspecified atom stereocenters. The molecule has 1 amide bonds. The Morgan fingerprint density at radius 3 is 2.59 bits per heavy atom. The molecular weight excluding hydrogens is 415 g/mol. The third kappa shape index (κ3) is 3.39. The van der Waals surface area contributed by atoms with E-state index in [1.807, 2.05) is 17.0 Å². The van der Waals surface area contributed by atoms with Crippen LogP contribution in [-0.4, -0.2) is 44.1 Å². The van der Waals surface area contributed by atoms with Gasteiger partial charge in [0, 0.05) is 37.8 Å². The number of fused-ring (bicyclic) bond motifs is 1. The first kappa shape index (κ1) is 17.9. The molecule has 7 heteroatoms. The van der Waals surface area contributed by atoms with Crippen molar-refractivity contribution in [3.8, 4) is 5.75 Å². The van der Waals surface area contributed by atoms with Crippen LogP contribution in [0.15, 0.2) is 51.6 Å². The molecular formula is C20H18BrFN2O3. The lowest BCUT2D eigenvalue weighted by molar-refractivity contribution is 0.0746. The van der Waals surface area contributed by atoms with E-state index in [2.05, 4.69) is 15.9 Å². The van der Waals surface area contributed by atoms with Gasteiger partial charge < -0.3 is 19.0 Å². The smallest absolute Gasteiger partial charge is 0.254 e. The van der Waals surface area contributed by atoms with Gasteiger partial charge in [-0.1, -0.05) is 12.1 Å². The zero-order valence-corrected chi connectivity index (χ0v) is 16.3. The molecule has 0 aliphatic carbocycles. The largest absolute Gasteiger partial charge is 0.496 e. The summed E-state index contributed by atoms with van der Waals surface area (Å²) in [5.74, 6) is 0.266. The third-order valence-corrected chi connectivity index (χ3v) is 5.19. The number of piperazine rings is 1. The number of nitrogens with zero attached hydrogens (tertiary/aromatic N) is 2. The van der Waals surface area contributed by atoms with Gasteiger partial charge in [-0.2, -0.15) is 0 Å². The summed E-state index contributed by atoms with van der Waals surface area (Å²) in [6.45, 7) is 2.21. The van der Waals surface area contributed by atoms with E-state index in [0.29, 0.717) is 53.4 Å². The number of carbonyl (C=O) groups is 1. The fourth-order valence-electron chi connectivity index (χ4n) is 3.41. The number of halogens is 2. The minimum absolute atomic E-state index is 0.0871. The Labute approximate surface area is 164 Å². The molecule has 0 saturated carbocycles. The van der Waals surface area contributed by atoms with Crippen molar-refractivity contribution in [2.24, 2.45) is 0 Å². The second-order valence-corrected chi connectivity index (χ2v) is 7.15. The average molecular weight is 433 g/mol. The average Bonchev–Trinajstić information content (AvgIpc) is 3.07. The summed E-state index contributed by atoms with van der Waals surface area (Å²) in [6, 6.07) is 12.0. The van der Waals surface area contributed by atoms with Gasteiger partial charge in [0.25, 0.3) is 5.91 Å². The highest BCUT2D eigenvalue weighted by Gasteiger charge is 2.25. The van der Waals surface area contributed by atoms with Crippen molar-refractivity contribution >= 4 is 38.5 Å². The molecule has 140 valence electrons. The number of para-hydroxylation sites is 1. The lowest BCUT2D eigenvalue weighted by Crippen LogP contribution is -2.49. The summed E-state index contributed by atoms with van der Waals surface area (Å²) < 4.78 is 25.6. The number of carbonyl (C=O) groups excluding carboxylic acids is 1. The predicted octanol–water partition coefficient (Wildman–Crippen LogP) is 4.31. The Hall–Kier alpha value is -2.54. The Kier molecular flexibility index (Phi) is 4.78. The quantitative estimate of drug-likeness (QED) is 0.618. The SMILES string of the molecule is COc1cc(C(=O)N2CCN(c3ccccc3F)CC2)cc2oc(Br)cc12. The van der Waals surface area contributed by atoms with Crippen LogP contribution >= 0.6 is 15.9 Å². The zero-order valence-electron chi connectivity index (χ0n) is 14.7. The first-order valence-electron chi connectivity index (χ1n) is 8.62. The van der Waals surface area contributed by atoms with Crippen molar-refractivity contribution in [1.29, 1.82) is 0 Å². The topological polar surface area (TPSA) is 45.9 Å². The van der Waals surface area contributed by atoms with E-state index in [1.165, 1.54) is 6.07 Å². The molecule has 5 nitrogen and oxygen atoms in total. The van der Waals surface area contributed by atoms with Gasteiger partial charge in [-0.25, -0.2) is 4.39 Å². The van der Waals surface area contributed by atoms with Crippen molar-refractivity contribution < 1.29 is 18.3 Å². The van der Waals surface area contributed by atoms with Crippen LogP contribution in [0, 0.1) is 5.82 Å². The second kappa shape index (κ2) is 7.23. The van der Waals surface area contributed by atoms with Gasteiger partial charge in [0.2, 0.25) is 0 Å². The monoisotopic (exact) mass is 432 g/mol. The molecule has 1 aliphatic heterocycles. The molecule has 1 fully saturated rings. The van der Waals surface area contributed by atoms with E-state index in [4.69, 9.17) is 9.15 Å². The maximum Gasteiger partial charge on any atom is 0.254 e. The molecule has 1 aromatic heterocycles. The molecule has 4 rings (SSSR count). The van der Waals surface area contributed by atoms with Crippen LogP contribution in [0.1, 0.15) is 10.4 Å². The number of furan rings is 1. The normalized spacial score (nSPS) is 14.6. The number of rotatable bonds is 3. The Bertz CT molecular complexity index is 996. The van der Waals surface area contributed by atoms with Crippen LogP contribution in [0.4, 0.5) is 10.1 Å².